The first-order valence-electron chi connectivity index (χ1n) is 8.23. The van der Waals surface area contributed by atoms with Crippen LogP contribution in [0.2, 0.25) is 0 Å². The van der Waals surface area contributed by atoms with Gasteiger partial charge in [-0.3, -0.25) is 14.2 Å². The van der Waals surface area contributed by atoms with E-state index in [9.17, 15) is 9.59 Å². The van der Waals surface area contributed by atoms with Crippen LogP contribution in [-0.4, -0.2) is 46.5 Å². The summed E-state index contributed by atoms with van der Waals surface area (Å²) < 4.78 is 1.40. The Labute approximate surface area is 148 Å². The highest BCUT2D eigenvalue weighted by molar-refractivity contribution is 7.14. The van der Waals surface area contributed by atoms with Gasteiger partial charge in [-0.05, 0) is 29.6 Å². The van der Waals surface area contributed by atoms with Crippen molar-refractivity contribution >= 4 is 33.1 Å². The first kappa shape index (κ1) is 15.8. The highest BCUT2D eigenvalue weighted by Gasteiger charge is 2.22. The molecule has 0 bridgehead atoms. The van der Waals surface area contributed by atoms with Gasteiger partial charge in [-0.1, -0.05) is 12.1 Å². The van der Waals surface area contributed by atoms with Crippen LogP contribution in [0.1, 0.15) is 0 Å². The fourth-order valence-corrected chi connectivity index (χ4v) is 3.88. The van der Waals surface area contributed by atoms with Gasteiger partial charge in [0.1, 0.15) is 6.54 Å². The second-order valence-electron chi connectivity index (χ2n) is 6.01. The summed E-state index contributed by atoms with van der Waals surface area (Å²) in [5.74, 6) is -0.0370. The molecule has 128 valence electrons. The molecule has 1 aliphatic rings. The van der Waals surface area contributed by atoms with Crippen molar-refractivity contribution in [2.45, 2.75) is 6.54 Å². The van der Waals surface area contributed by atoms with Crippen LogP contribution in [-0.2, 0) is 11.3 Å². The maximum atomic E-state index is 12.6. The largest absolute Gasteiger partial charge is 0.360 e. The summed E-state index contributed by atoms with van der Waals surface area (Å²) in [5, 5.41) is 3.84. The minimum Gasteiger partial charge on any atom is -0.360 e. The Morgan fingerprint density at radius 2 is 1.88 bits per heavy atom. The zero-order valence-electron chi connectivity index (χ0n) is 13.7. The molecule has 1 amide bonds. The standard InChI is InChI=1S/C18H18N4O2S/c23-16(20-7-9-21(10-8-20)17-6-3-11-25-17)12-22-13-19-15-5-2-1-4-14(15)18(22)24/h1-6,11,13H,7-10,12H2. The molecule has 0 aliphatic carbocycles. The van der Waals surface area contributed by atoms with E-state index < -0.39 is 0 Å². The Kier molecular flexibility index (Phi) is 4.23. The molecule has 0 saturated carbocycles. The van der Waals surface area contributed by atoms with E-state index >= 15 is 0 Å². The van der Waals surface area contributed by atoms with Crippen molar-refractivity contribution in [1.29, 1.82) is 0 Å². The molecule has 0 radical (unpaired) electrons. The minimum absolute atomic E-state index is 0.0370. The summed E-state index contributed by atoms with van der Waals surface area (Å²) >= 11 is 1.71. The van der Waals surface area contributed by atoms with Crippen molar-refractivity contribution in [2.75, 3.05) is 31.1 Å². The third-order valence-electron chi connectivity index (χ3n) is 4.49. The Morgan fingerprint density at radius 3 is 2.64 bits per heavy atom. The molecule has 0 atom stereocenters. The van der Waals surface area contributed by atoms with Crippen LogP contribution < -0.4 is 10.5 Å². The highest BCUT2D eigenvalue weighted by atomic mass is 32.1. The topological polar surface area (TPSA) is 58.4 Å². The van der Waals surface area contributed by atoms with Gasteiger partial charge in [0.15, 0.2) is 0 Å². The van der Waals surface area contributed by atoms with Crippen molar-refractivity contribution in [3.8, 4) is 0 Å². The lowest BCUT2D eigenvalue weighted by molar-refractivity contribution is -0.132. The molecule has 3 heterocycles. The minimum atomic E-state index is -0.170. The van der Waals surface area contributed by atoms with Gasteiger partial charge in [-0.2, -0.15) is 0 Å². The van der Waals surface area contributed by atoms with Gasteiger partial charge >= 0.3 is 0 Å². The average Bonchev–Trinajstić information content (AvgIpc) is 3.19. The maximum absolute atomic E-state index is 12.6. The van der Waals surface area contributed by atoms with E-state index in [0.717, 1.165) is 13.1 Å². The molecule has 2 aromatic heterocycles. The molecule has 6 nitrogen and oxygen atoms in total. The number of carbonyl (C=O) groups is 1. The van der Waals surface area contributed by atoms with E-state index in [1.54, 1.807) is 29.5 Å². The van der Waals surface area contributed by atoms with Gasteiger partial charge < -0.3 is 9.80 Å². The number of thiophene rings is 1. The Bertz CT molecular complexity index is 943. The Morgan fingerprint density at radius 1 is 1.08 bits per heavy atom. The van der Waals surface area contributed by atoms with Crippen molar-refractivity contribution in [3.05, 3.63) is 58.5 Å². The normalized spacial score (nSPS) is 14.9. The van der Waals surface area contributed by atoms with Gasteiger partial charge in [0.2, 0.25) is 5.91 Å². The lowest BCUT2D eigenvalue weighted by Crippen LogP contribution is -2.49. The first-order chi connectivity index (χ1) is 12.2. The van der Waals surface area contributed by atoms with E-state index in [0.29, 0.717) is 24.0 Å². The lowest BCUT2D eigenvalue weighted by atomic mass is 10.2. The first-order valence-corrected chi connectivity index (χ1v) is 9.11. The number of piperazine rings is 1. The maximum Gasteiger partial charge on any atom is 0.261 e. The summed E-state index contributed by atoms with van der Waals surface area (Å²) in [5.41, 5.74) is 0.483. The van der Waals surface area contributed by atoms with E-state index in [1.165, 1.54) is 15.9 Å². The van der Waals surface area contributed by atoms with Gasteiger partial charge in [0.25, 0.3) is 5.56 Å². The van der Waals surface area contributed by atoms with Crippen molar-refractivity contribution in [1.82, 2.24) is 14.5 Å². The van der Waals surface area contributed by atoms with Crippen LogP contribution in [0.3, 0.4) is 0 Å². The van der Waals surface area contributed by atoms with Crippen LogP contribution in [0.5, 0.6) is 0 Å². The van der Waals surface area contributed by atoms with Crippen LogP contribution in [0.25, 0.3) is 10.9 Å². The number of rotatable bonds is 3. The molecular formula is C18H18N4O2S. The smallest absolute Gasteiger partial charge is 0.261 e. The highest BCUT2D eigenvalue weighted by Crippen LogP contribution is 2.22. The second kappa shape index (κ2) is 6.68. The fraction of sp³-hybridized carbons (Fsp3) is 0.278. The molecule has 0 N–H and O–H groups in total. The van der Waals surface area contributed by atoms with Gasteiger partial charge in [0, 0.05) is 26.2 Å². The molecule has 1 aromatic carbocycles. The van der Waals surface area contributed by atoms with Crippen LogP contribution in [0.15, 0.2) is 52.9 Å². The van der Waals surface area contributed by atoms with Crippen molar-refractivity contribution < 1.29 is 4.79 Å². The lowest BCUT2D eigenvalue weighted by Gasteiger charge is -2.35. The number of hydrogen-bond acceptors (Lipinski definition) is 5. The number of hydrogen-bond donors (Lipinski definition) is 0. The molecule has 3 aromatic rings. The van der Waals surface area contributed by atoms with E-state index in [4.69, 9.17) is 0 Å². The molecule has 0 unspecified atom stereocenters. The number of para-hydroxylation sites is 1. The van der Waals surface area contributed by atoms with Gasteiger partial charge in [-0.15, -0.1) is 11.3 Å². The zero-order chi connectivity index (χ0) is 17.2. The molecule has 25 heavy (non-hydrogen) atoms. The summed E-state index contributed by atoms with van der Waals surface area (Å²) in [7, 11) is 0. The monoisotopic (exact) mass is 354 g/mol. The quantitative estimate of drug-likeness (QED) is 0.720. The predicted octanol–water partition coefficient (Wildman–Crippen LogP) is 1.81. The Balaban J connectivity index is 1.44. The second-order valence-corrected chi connectivity index (χ2v) is 6.94. The average molecular weight is 354 g/mol. The SMILES string of the molecule is O=C(Cn1cnc2ccccc2c1=O)N1CCN(c2cccs2)CC1. The molecule has 4 rings (SSSR count). The molecule has 1 saturated heterocycles. The zero-order valence-corrected chi connectivity index (χ0v) is 14.5. The predicted molar refractivity (Wildman–Crippen MR) is 99.1 cm³/mol. The number of aromatic nitrogens is 2. The molecule has 0 spiro atoms. The molecule has 7 heteroatoms. The number of fused-ring (bicyclic) bond motifs is 1. The van der Waals surface area contributed by atoms with E-state index in [-0.39, 0.29) is 18.0 Å². The van der Waals surface area contributed by atoms with Crippen molar-refractivity contribution in [3.63, 3.8) is 0 Å². The third kappa shape index (κ3) is 3.15. The summed E-state index contributed by atoms with van der Waals surface area (Å²) in [4.78, 5) is 33.5. The van der Waals surface area contributed by atoms with E-state index in [1.807, 2.05) is 17.0 Å². The number of anilines is 1. The number of nitrogens with zero attached hydrogens (tertiary/aromatic N) is 4. The van der Waals surface area contributed by atoms with Crippen LogP contribution >= 0.6 is 11.3 Å². The fourth-order valence-electron chi connectivity index (χ4n) is 3.09. The molecule has 1 fully saturated rings. The van der Waals surface area contributed by atoms with Crippen LogP contribution in [0, 0.1) is 0 Å². The summed E-state index contributed by atoms with van der Waals surface area (Å²) in [6, 6.07) is 11.3. The number of benzene rings is 1. The molecule has 1 aliphatic heterocycles. The Hall–Kier alpha value is -2.67. The number of carbonyl (C=O) groups excluding carboxylic acids is 1. The van der Waals surface area contributed by atoms with E-state index in [2.05, 4.69) is 21.3 Å². The van der Waals surface area contributed by atoms with Gasteiger partial charge in [-0.25, -0.2) is 4.98 Å². The van der Waals surface area contributed by atoms with Crippen molar-refractivity contribution in [2.24, 2.45) is 0 Å². The third-order valence-corrected chi connectivity index (χ3v) is 5.42. The van der Waals surface area contributed by atoms with Gasteiger partial charge in [0.05, 0.1) is 22.2 Å². The van der Waals surface area contributed by atoms with Crippen LogP contribution in [0.4, 0.5) is 5.00 Å². The summed E-state index contributed by atoms with van der Waals surface area (Å²) in [6.07, 6.45) is 1.46. The molecular weight excluding hydrogens is 336 g/mol. The number of amides is 1. The summed E-state index contributed by atoms with van der Waals surface area (Å²) in [6.45, 7) is 3.02.